The zero-order chi connectivity index (χ0) is 14.4. The Kier molecular flexibility index (Phi) is 5.65. The highest BCUT2D eigenvalue weighted by Gasteiger charge is 2.18. The molecule has 2 N–H and O–H groups in total. The van der Waals surface area contributed by atoms with Crippen molar-refractivity contribution in [2.24, 2.45) is 0 Å². The van der Waals surface area contributed by atoms with Crippen LogP contribution >= 0.6 is 0 Å². The predicted octanol–water partition coefficient (Wildman–Crippen LogP) is 1.04. The molecule has 0 saturated heterocycles. The van der Waals surface area contributed by atoms with Gasteiger partial charge >= 0.3 is 5.82 Å². The molecule has 0 aromatic carbocycles. The SMILES string of the molecule is Cc1ccc(OCC(O)CNC(C)C)c([N+](=O)[O-])n1. The first-order chi connectivity index (χ1) is 8.90. The highest BCUT2D eigenvalue weighted by atomic mass is 16.6. The van der Waals surface area contributed by atoms with Gasteiger partial charge in [-0.15, -0.1) is 0 Å². The molecule has 1 rings (SSSR count). The summed E-state index contributed by atoms with van der Waals surface area (Å²) in [6, 6.07) is 3.37. The smallest absolute Gasteiger partial charge is 0.406 e. The van der Waals surface area contributed by atoms with E-state index in [1.165, 1.54) is 6.07 Å². The summed E-state index contributed by atoms with van der Waals surface area (Å²) in [6.45, 7) is 5.93. The monoisotopic (exact) mass is 269 g/mol. The summed E-state index contributed by atoms with van der Waals surface area (Å²) in [5.74, 6) is -0.261. The molecular weight excluding hydrogens is 250 g/mol. The molecule has 0 amide bonds. The number of aryl methyl sites for hydroxylation is 1. The number of aliphatic hydroxyl groups excluding tert-OH is 1. The molecule has 19 heavy (non-hydrogen) atoms. The van der Waals surface area contributed by atoms with Crippen molar-refractivity contribution < 1.29 is 14.8 Å². The van der Waals surface area contributed by atoms with Gasteiger partial charge in [-0.25, -0.2) is 0 Å². The van der Waals surface area contributed by atoms with Gasteiger partial charge in [0, 0.05) is 19.5 Å². The van der Waals surface area contributed by atoms with Crippen LogP contribution < -0.4 is 10.1 Å². The van der Waals surface area contributed by atoms with E-state index in [0.717, 1.165) is 0 Å². The van der Waals surface area contributed by atoms with E-state index in [1.54, 1.807) is 13.0 Å². The fourth-order valence-electron chi connectivity index (χ4n) is 1.39. The Morgan fingerprint density at radius 1 is 1.53 bits per heavy atom. The molecule has 0 saturated carbocycles. The van der Waals surface area contributed by atoms with Crippen LogP contribution in [0.25, 0.3) is 0 Å². The number of rotatable bonds is 7. The van der Waals surface area contributed by atoms with Crippen LogP contribution in [0.3, 0.4) is 0 Å². The number of pyridine rings is 1. The van der Waals surface area contributed by atoms with E-state index in [2.05, 4.69) is 10.3 Å². The van der Waals surface area contributed by atoms with E-state index in [1.807, 2.05) is 13.8 Å². The molecular formula is C12H19N3O4. The Balaban J connectivity index is 2.60. The minimum Gasteiger partial charge on any atom is -0.483 e. The minimum atomic E-state index is -0.733. The minimum absolute atomic E-state index is 0.0225. The third-order valence-corrected chi connectivity index (χ3v) is 2.34. The molecule has 106 valence electrons. The van der Waals surface area contributed by atoms with Crippen LogP contribution in [-0.2, 0) is 0 Å². The summed E-state index contributed by atoms with van der Waals surface area (Å²) in [5.41, 5.74) is 0.543. The maximum atomic E-state index is 10.8. The van der Waals surface area contributed by atoms with E-state index in [-0.39, 0.29) is 24.2 Å². The Labute approximate surface area is 111 Å². The lowest BCUT2D eigenvalue weighted by Gasteiger charge is -2.14. The second kappa shape index (κ2) is 7.01. The van der Waals surface area contributed by atoms with E-state index < -0.39 is 11.0 Å². The standard InChI is InChI=1S/C12H19N3O4/c1-8(2)13-6-10(16)7-19-11-5-4-9(3)14-12(11)15(17)18/h4-5,8,10,13,16H,6-7H2,1-3H3. The van der Waals surface area contributed by atoms with Crippen LogP contribution in [0, 0.1) is 17.0 Å². The molecule has 0 aliphatic heterocycles. The van der Waals surface area contributed by atoms with Crippen molar-refractivity contribution in [2.45, 2.75) is 32.9 Å². The molecule has 1 aromatic heterocycles. The first-order valence-corrected chi connectivity index (χ1v) is 6.06. The van der Waals surface area contributed by atoms with Crippen LogP contribution in [0.2, 0.25) is 0 Å². The molecule has 0 radical (unpaired) electrons. The van der Waals surface area contributed by atoms with E-state index >= 15 is 0 Å². The molecule has 1 heterocycles. The first-order valence-electron chi connectivity index (χ1n) is 6.06. The summed E-state index contributed by atoms with van der Waals surface area (Å²) in [7, 11) is 0. The lowest BCUT2D eigenvalue weighted by atomic mass is 10.3. The molecule has 1 atom stereocenters. The number of nitro groups is 1. The number of ether oxygens (including phenoxy) is 1. The van der Waals surface area contributed by atoms with Gasteiger partial charge in [-0.2, -0.15) is 0 Å². The summed E-state index contributed by atoms with van der Waals surface area (Å²) in [5, 5.41) is 23.5. The number of aromatic nitrogens is 1. The maximum Gasteiger partial charge on any atom is 0.406 e. The van der Waals surface area contributed by atoms with E-state index in [4.69, 9.17) is 4.74 Å². The van der Waals surface area contributed by atoms with Gasteiger partial charge in [-0.05, 0) is 22.0 Å². The average molecular weight is 269 g/mol. The van der Waals surface area contributed by atoms with Gasteiger partial charge < -0.3 is 25.3 Å². The number of hydrogen-bond acceptors (Lipinski definition) is 6. The van der Waals surface area contributed by atoms with Gasteiger partial charge in [-0.3, -0.25) is 0 Å². The molecule has 0 fully saturated rings. The van der Waals surface area contributed by atoms with Gasteiger partial charge in [0.1, 0.15) is 18.4 Å². The Morgan fingerprint density at radius 2 is 2.21 bits per heavy atom. The first kappa shape index (κ1) is 15.3. The van der Waals surface area contributed by atoms with Crippen molar-refractivity contribution in [1.82, 2.24) is 10.3 Å². The lowest BCUT2D eigenvalue weighted by Crippen LogP contribution is -2.35. The zero-order valence-electron chi connectivity index (χ0n) is 11.3. The molecule has 1 aromatic rings. The largest absolute Gasteiger partial charge is 0.483 e. The average Bonchev–Trinajstić information content (AvgIpc) is 2.34. The summed E-state index contributed by atoms with van der Waals surface area (Å²) in [6.07, 6.45) is -0.733. The zero-order valence-corrected chi connectivity index (χ0v) is 11.3. The Morgan fingerprint density at radius 3 is 2.79 bits per heavy atom. The third-order valence-electron chi connectivity index (χ3n) is 2.34. The predicted molar refractivity (Wildman–Crippen MR) is 70.3 cm³/mol. The van der Waals surface area contributed by atoms with Crippen molar-refractivity contribution in [2.75, 3.05) is 13.2 Å². The van der Waals surface area contributed by atoms with Crippen molar-refractivity contribution in [1.29, 1.82) is 0 Å². The van der Waals surface area contributed by atoms with Gasteiger partial charge in [0.2, 0.25) is 5.75 Å². The number of aliphatic hydroxyl groups is 1. The quantitative estimate of drug-likeness (QED) is 0.567. The summed E-state index contributed by atoms with van der Waals surface area (Å²) in [4.78, 5) is 14.0. The summed E-state index contributed by atoms with van der Waals surface area (Å²) < 4.78 is 5.25. The van der Waals surface area contributed by atoms with Crippen LogP contribution in [0.5, 0.6) is 5.75 Å². The third kappa shape index (κ3) is 5.19. The van der Waals surface area contributed by atoms with Crippen LogP contribution in [0.1, 0.15) is 19.5 Å². The van der Waals surface area contributed by atoms with Gasteiger partial charge in [0.15, 0.2) is 0 Å². The van der Waals surface area contributed by atoms with Crippen molar-refractivity contribution in [3.63, 3.8) is 0 Å². The molecule has 0 bridgehead atoms. The Hall–Kier alpha value is -1.73. The topological polar surface area (TPSA) is 97.5 Å². The van der Waals surface area contributed by atoms with Gasteiger partial charge in [0.25, 0.3) is 0 Å². The fourth-order valence-corrected chi connectivity index (χ4v) is 1.39. The number of nitrogens with one attached hydrogen (secondary N) is 1. The van der Waals surface area contributed by atoms with Crippen molar-refractivity contribution in [3.05, 3.63) is 27.9 Å². The van der Waals surface area contributed by atoms with Crippen LogP contribution in [-0.4, -0.2) is 40.3 Å². The highest BCUT2D eigenvalue weighted by molar-refractivity contribution is 5.40. The second-order valence-corrected chi connectivity index (χ2v) is 4.56. The molecule has 1 unspecified atom stereocenters. The highest BCUT2D eigenvalue weighted by Crippen LogP contribution is 2.24. The maximum absolute atomic E-state index is 10.8. The number of hydrogen-bond donors (Lipinski definition) is 2. The van der Waals surface area contributed by atoms with Gasteiger partial charge in [-0.1, -0.05) is 13.8 Å². The molecule has 0 spiro atoms. The van der Waals surface area contributed by atoms with E-state index in [9.17, 15) is 15.2 Å². The fraction of sp³-hybridized carbons (Fsp3) is 0.583. The van der Waals surface area contributed by atoms with Crippen molar-refractivity contribution in [3.8, 4) is 5.75 Å². The van der Waals surface area contributed by atoms with E-state index in [0.29, 0.717) is 12.2 Å². The van der Waals surface area contributed by atoms with Crippen LogP contribution in [0.4, 0.5) is 5.82 Å². The normalized spacial score (nSPS) is 12.5. The van der Waals surface area contributed by atoms with Crippen LogP contribution in [0.15, 0.2) is 12.1 Å². The summed E-state index contributed by atoms with van der Waals surface area (Å²) >= 11 is 0. The molecule has 0 aliphatic carbocycles. The second-order valence-electron chi connectivity index (χ2n) is 4.56. The van der Waals surface area contributed by atoms with Crippen molar-refractivity contribution >= 4 is 5.82 Å². The lowest BCUT2D eigenvalue weighted by molar-refractivity contribution is -0.390. The Bertz CT molecular complexity index is 437. The molecule has 7 heteroatoms. The van der Waals surface area contributed by atoms with Gasteiger partial charge in [0.05, 0.1) is 0 Å². The number of nitrogens with zero attached hydrogens (tertiary/aromatic N) is 2. The molecule has 7 nitrogen and oxygen atoms in total. The molecule has 0 aliphatic rings.